The number of halogens is 1. The molecule has 0 amide bonds. The number of allylic oxidation sites excluding steroid dienone is 2. The number of hydrogen-bond donors (Lipinski definition) is 1. The number of fused-ring (bicyclic) bond motifs is 3. The zero-order chi connectivity index (χ0) is 18.4. The molecule has 2 nitrogen and oxygen atoms in total. The van der Waals surface area contributed by atoms with Crippen molar-refractivity contribution in [3.05, 3.63) is 95.6 Å². The molecule has 3 heteroatoms. The minimum Gasteiger partial charge on any atom is -0.507 e. The van der Waals surface area contributed by atoms with Gasteiger partial charge in [0.05, 0.1) is 0 Å². The second kappa shape index (κ2) is 6.33. The highest BCUT2D eigenvalue weighted by Gasteiger charge is 2.36. The molecule has 1 heterocycles. The van der Waals surface area contributed by atoms with E-state index in [1.165, 1.54) is 0 Å². The molecule has 0 fully saturated rings. The molecule has 1 N–H and O–H groups in total. The number of aromatic hydroxyl groups is 1. The van der Waals surface area contributed by atoms with Gasteiger partial charge < -0.3 is 9.84 Å². The molecule has 0 radical (unpaired) electrons. The highest BCUT2D eigenvalue weighted by atomic mass is 35.5. The van der Waals surface area contributed by atoms with Gasteiger partial charge in [0, 0.05) is 22.1 Å². The zero-order valence-electron chi connectivity index (χ0n) is 14.5. The van der Waals surface area contributed by atoms with Gasteiger partial charge in [-0.25, -0.2) is 0 Å². The molecule has 0 saturated carbocycles. The van der Waals surface area contributed by atoms with Crippen LogP contribution in [0.1, 0.15) is 11.5 Å². The third-order valence-corrected chi connectivity index (χ3v) is 5.47. The Bertz CT molecular complexity index is 1080. The largest absolute Gasteiger partial charge is 0.507 e. The quantitative estimate of drug-likeness (QED) is 0.567. The summed E-state index contributed by atoms with van der Waals surface area (Å²) in [6.45, 7) is 0. The molecule has 0 spiro atoms. The van der Waals surface area contributed by atoms with Gasteiger partial charge in [-0.3, -0.25) is 0 Å². The maximum atomic E-state index is 10.8. The van der Waals surface area contributed by atoms with Crippen molar-refractivity contribution in [1.29, 1.82) is 0 Å². The van der Waals surface area contributed by atoms with E-state index >= 15 is 0 Å². The van der Waals surface area contributed by atoms with Gasteiger partial charge in [-0.05, 0) is 47.0 Å². The third kappa shape index (κ3) is 2.65. The monoisotopic (exact) mass is 372 g/mol. The second-order valence-electron chi connectivity index (χ2n) is 6.80. The predicted molar refractivity (Wildman–Crippen MR) is 109 cm³/mol. The molecule has 0 saturated heterocycles. The van der Waals surface area contributed by atoms with Gasteiger partial charge in [-0.2, -0.15) is 0 Å². The first-order valence-corrected chi connectivity index (χ1v) is 9.33. The van der Waals surface area contributed by atoms with Gasteiger partial charge in [0.15, 0.2) is 0 Å². The maximum Gasteiger partial charge on any atom is 0.128 e. The van der Waals surface area contributed by atoms with Gasteiger partial charge in [-0.1, -0.05) is 66.2 Å². The summed E-state index contributed by atoms with van der Waals surface area (Å²) in [6, 6.07) is 19.5. The summed E-state index contributed by atoms with van der Waals surface area (Å²) in [7, 11) is 0. The molecule has 2 unspecified atom stereocenters. The summed E-state index contributed by atoms with van der Waals surface area (Å²) in [4.78, 5) is 0. The van der Waals surface area contributed by atoms with Gasteiger partial charge in [0.1, 0.15) is 17.6 Å². The number of hydrogen-bond acceptors (Lipinski definition) is 2. The van der Waals surface area contributed by atoms with Gasteiger partial charge in [0.2, 0.25) is 0 Å². The van der Waals surface area contributed by atoms with Crippen molar-refractivity contribution < 1.29 is 9.84 Å². The van der Waals surface area contributed by atoms with Crippen LogP contribution in [0.3, 0.4) is 0 Å². The smallest absolute Gasteiger partial charge is 0.128 e. The van der Waals surface area contributed by atoms with E-state index in [0.29, 0.717) is 5.02 Å². The van der Waals surface area contributed by atoms with Gasteiger partial charge in [0.25, 0.3) is 0 Å². The number of phenolic OH excluding ortho intramolecular Hbond substituents is 1. The lowest BCUT2D eigenvalue weighted by molar-refractivity contribution is 0.269. The van der Waals surface area contributed by atoms with Crippen LogP contribution < -0.4 is 4.74 Å². The molecule has 0 aromatic heterocycles. The fourth-order valence-corrected chi connectivity index (χ4v) is 4.12. The summed E-state index contributed by atoms with van der Waals surface area (Å²) >= 11 is 6.06. The second-order valence-corrected chi connectivity index (χ2v) is 7.24. The molecule has 1 aliphatic heterocycles. The molecule has 1 aliphatic carbocycles. The molecule has 5 rings (SSSR count). The minimum atomic E-state index is -0.0201. The lowest BCUT2D eigenvalue weighted by Crippen LogP contribution is -2.15. The zero-order valence-corrected chi connectivity index (χ0v) is 15.2. The van der Waals surface area contributed by atoms with Crippen LogP contribution in [0, 0.1) is 0 Å². The Kier molecular flexibility index (Phi) is 3.80. The SMILES string of the molecule is Oc1ccc2c(c1-c1ccccc1-c1ccc(Cl)cc1)C1C=CC=CC1O2. The Morgan fingerprint density at radius 2 is 1.56 bits per heavy atom. The fourth-order valence-electron chi connectivity index (χ4n) is 3.99. The van der Waals surface area contributed by atoms with E-state index in [9.17, 15) is 5.11 Å². The molecule has 132 valence electrons. The Labute approximate surface area is 163 Å². The van der Waals surface area contributed by atoms with Crippen LogP contribution >= 0.6 is 11.6 Å². The molecule has 27 heavy (non-hydrogen) atoms. The van der Waals surface area contributed by atoms with E-state index in [2.05, 4.69) is 24.3 Å². The Morgan fingerprint density at radius 1 is 0.815 bits per heavy atom. The van der Waals surface area contributed by atoms with Crippen LogP contribution in [-0.4, -0.2) is 11.2 Å². The van der Waals surface area contributed by atoms with Gasteiger partial charge in [-0.15, -0.1) is 0 Å². The van der Waals surface area contributed by atoms with Crippen LogP contribution in [0.25, 0.3) is 22.3 Å². The van der Waals surface area contributed by atoms with Crippen LogP contribution in [0.2, 0.25) is 5.02 Å². The third-order valence-electron chi connectivity index (χ3n) is 5.22. The molecule has 0 bridgehead atoms. The Balaban J connectivity index is 1.74. The average molecular weight is 373 g/mol. The van der Waals surface area contributed by atoms with E-state index in [-0.39, 0.29) is 17.8 Å². The van der Waals surface area contributed by atoms with E-state index in [1.54, 1.807) is 6.07 Å². The highest BCUT2D eigenvalue weighted by Crippen LogP contribution is 2.51. The molecule has 3 aromatic carbocycles. The van der Waals surface area contributed by atoms with Crippen LogP contribution in [0.15, 0.2) is 85.0 Å². The van der Waals surface area contributed by atoms with Crippen molar-refractivity contribution in [2.45, 2.75) is 12.0 Å². The standard InChI is InChI=1S/C24H17ClO2/c25-16-11-9-15(10-12-16)17-5-1-2-6-18(17)23-20(26)13-14-22-24(23)19-7-3-4-8-21(19)27-22/h1-14,19,21,26H. The predicted octanol–water partition coefficient (Wildman–Crippen LogP) is 6.35. The minimum absolute atomic E-state index is 0.0201. The lowest BCUT2D eigenvalue weighted by atomic mass is 9.84. The number of ether oxygens (including phenoxy) is 1. The Morgan fingerprint density at radius 3 is 2.37 bits per heavy atom. The van der Waals surface area contributed by atoms with Crippen LogP contribution in [0.5, 0.6) is 11.5 Å². The summed E-state index contributed by atoms with van der Waals surface area (Å²) in [5.74, 6) is 1.20. The topological polar surface area (TPSA) is 29.5 Å². The van der Waals surface area contributed by atoms with E-state index < -0.39 is 0 Å². The summed E-state index contributed by atoms with van der Waals surface area (Å²) in [6.07, 6.45) is 8.24. The first-order chi connectivity index (χ1) is 13.2. The first-order valence-electron chi connectivity index (χ1n) is 8.95. The van der Waals surface area contributed by atoms with E-state index in [1.807, 2.05) is 54.6 Å². The normalized spacial score (nSPS) is 19.4. The number of phenols is 1. The number of benzene rings is 3. The average Bonchev–Trinajstić information content (AvgIpc) is 3.07. The van der Waals surface area contributed by atoms with Crippen molar-refractivity contribution in [2.24, 2.45) is 0 Å². The van der Waals surface area contributed by atoms with E-state index in [4.69, 9.17) is 16.3 Å². The van der Waals surface area contributed by atoms with Crippen LogP contribution in [0.4, 0.5) is 0 Å². The molecular formula is C24H17ClO2. The maximum absolute atomic E-state index is 10.8. The van der Waals surface area contributed by atoms with Crippen molar-refractivity contribution >= 4 is 11.6 Å². The number of rotatable bonds is 2. The first kappa shape index (κ1) is 16.2. The van der Waals surface area contributed by atoms with Crippen LogP contribution in [-0.2, 0) is 0 Å². The van der Waals surface area contributed by atoms with E-state index in [0.717, 1.165) is 33.6 Å². The Hall–Kier alpha value is -2.97. The van der Waals surface area contributed by atoms with Crippen molar-refractivity contribution in [3.8, 4) is 33.8 Å². The molecule has 2 aliphatic rings. The molecule has 2 atom stereocenters. The van der Waals surface area contributed by atoms with Gasteiger partial charge >= 0.3 is 0 Å². The van der Waals surface area contributed by atoms with Crippen molar-refractivity contribution in [2.75, 3.05) is 0 Å². The lowest BCUT2D eigenvalue weighted by Gasteiger charge is -2.18. The summed E-state index contributed by atoms with van der Waals surface area (Å²) < 4.78 is 6.12. The highest BCUT2D eigenvalue weighted by molar-refractivity contribution is 6.30. The van der Waals surface area contributed by atoms with Crippen molar-refractivity contribution in [3.63, 3.8) is 0 Å². The molecular weight excluding hydrogens is 356 g/mol. The fraction of sp³-hybridized carbons (Fsp3) is 0.0833. The van der Waals surface area contributed by atoms with Crippen molar-refractivity contribution in [1.82, 2.24) is 0 Å². The summed E-state index contributed by atoms with van der Waals surface area (Å²) in [5, 5.41) is 11.5. The summed E-state index contributed by atoms with van der Waals surface area (Å²) in [5.41, 5.74) is 4.98. The molecule has 3 aromatic rings.